The van der Waals surface area contributed by atoms with Crippen molar-refractivity contribution in [1.29, 1.82) is 0 Å². The third-order valence-corrected chi connectivity index (χ3v) is 2.56. The van der Waals surface area contributed by atoms with Crippen LogP contribution in [0.5, 0.6) is 11.5 Å². The van der Waals surface area contributed by atoms with Gasteiger partial charge in [-0.05, 0) is 17.7 Å². The molecule has 7 heteroatoms. The highest BCUT2D eigenvalue weighted by Crippen LogP contribution is 2.27. The second-order valence-electron chi connectivity index (χ2n) is 3.82. The Labute approximate surface area is 121 Å². The number of anilines is 2. The molecule has 0 radical (unpaired) electrons. The van der Waals surface area contributed by atoms with Crippen LogP contribution in [0.3, 0.4) is 0 Å². The lowest BCUT2D eigenvalue weighted by molar-refractivity contribution is 0.373. The number of aromatic nitrogens is 2. The van der Waals surface area contributed by atoms with Crippen LogP contribution in [0.25, 0.3) is 0 Å². The Hall–Kier alpha value is -2.02. The van der Waals surface area contributed by atoms with Gasteiger partial charge in [0.2, 0.25) is 5.95 Å². The van der Waals surface area contributed by atoms with Gasteiger partial charge < -0.3 is 21.3 Å². The van der Waals surface area contributed by atoms with E-state index in [1.54, 1.807) is 24.4 Å². The molecule has 0 unspecified atom stereocenters. The van der Waals surface area contributed by atoms with Crippen LogP contribution in [0.2, 0.25) is 0 Å². The van der Waals surface area contributed by atoms with Gasteiger partial charge in [-0.15, -0.1) is 17.0 Å². The zero-order chi connectivity index (χ0) is 13.1. The summed E-state index contributed by atoms with van der Waals surface area (Å²) in [6, 6.07) is 5.10. The number of ether oxygens (including phenoxy) is 1. The van der Waals surface area contributed by atoms with Crippen LogP contribution in [0.15, 0.2) is 24.4 Å². The molecular weight excluding hydrogens is 312 g/mol. The number of nitrogens with two attached hydrogens (primary N) is 2. The summed E-state index contributed by atoms with van der Waals surface area (Å²) in [5, 5.41) is 9.50. The fraction of sp³-hybridized carbons (Fsp3) is 0.167. The van der Waals surface area contributed by atoms with E-state index in [4.69, 9.17) is 16.2 Å². The monoisotopic (exact) mass is 326 g/mol. The molecule has 1 aromatic heterocycles. The van der Waals surface area contributed by atoms with Gasteiger partial charge in [-0.3, -0.25) is 0 Å². The van der Waals surface area contributed by atoms with Crippen LogP contribution in [0.4, 0.5) is 11.8 Å². The van der Waals surface area contributed by atoms with E-state index in [1.807, 2.05) is 0 Å². The van der Waals surface area contributed by atoms with Crippen LogP contribution < -0.4 is 16.2 Å². The largest absolute Gasteiger partial charge is 0.504 e. The summed E-state index contributed by atoms with van der Waals surface area (Å²) in [6.45, 7) is 0. The van der Waals surface area contributed by atoms with Crippen molar-refractivity contribution in [2.45, 2.75) is 6.42 Å². The molecule has 0 aliphatic carbocycles. The average molecular weight is 327 g/mol. The molecule has 0 atom stereocenters. The van der Waals surface area contributed by atoms with Gasteiger partial charge in [-0.1, -0.05) is 6.07 Å². The van der Waals surface area contributed by atoms with Gasteiger partial charge in [0.15, 0.2) is 11.5 Å². The minimum atomic E-state index is 0. The summed E-state index contributed by atoms with van der Waals surface area (Å²) in [4.78, 5) is 7.80. The third-order valence-electron chi connectivity index (χ3n) is 2.56. The summed E-state index contributed by atoms with van der Waals surface area (Å²) in [5.74, 6) is 1.03. The first-order valence-electron chi connectivity index (χ1n) is 5.33. The quantitative estimate of drug-likeness (QED) is 0.789. The lowest BCUT2D eigenvalue weighted by atomic mass is 10.1. The molecule has 0 amide bonds. The predicted octanol–water partition coefficient (Wildman–Crippen LogP) is 1.52. The van der Waals surface area contributed by atoms with E-state index in [0.29, 0.717) is 18.0 Å². The first-order chi connectivity index (χ1) is 8.60. The molecule has 1 aromatic carbocycles. The van der Waals surface area contributed by atoms with Gasteiger partial charge in [0.05, 0.1) is 7.11 Å². The number of rotatable bonds is 3. The topological polar surface area (TPSA) is 107 Å². The van der Waals surface area contributed by atoms with E-state index in [1.165, 1.54) is 7.11 Å². The molecule has 2 rings (SSSR count). The normalized spacial score (nSPS) is 9.74. The Morgan fingerprint density at radius 1 is 1.32 bits per heavy atom. The van der Waals surface area contributed by atoms with Gasteiger partial charge in [-0.25, -0.2) is 4.98 Å². The van der Waals surface area contributed by atoms with Crippen molar-refractivity contribution in [2.24, 2.45) is 0 Å². The SMILES string of the molecule is Br.COc1cc(Cc2cnc(N)nc2N)ccc1O. The van der Waals surface area contributed by atoms with Crippen molar-refractivity contribution in [1.82, 2.24) is 9.97 Å². The van der Waals surface area contributed by atoms with Gasteiger partial charge in [0.25, 0.3) is 0 Å². The van der Waals surface area contributed by atoms with Crippen molar-refractivity contribution >= 4 is 28.7 Å². The average Bonchev–Trinajstić information content (AvgIpc) is 2.35. The van der Waals surface area contributed by atoms with Crippen LogP contribution >= 0.6 is 17.0 Å². The van der Waals surface area contributed by atoms with E-state index < -0.39 is 0 Å². The summed E-state index contributed by atoms with van der Waals surface area (Å²) in [6.07, 6.45) is 2.14. The maximum atomic E-state index is 9.50. The maximum absolute atomic E-state index is 9.50. The number of benzene rings is 1. The highest BCUT2D eigenvalue weighted by atomic mass is 79.9. The predicted molar refractivity (Wildman–Crippen MR) is 78.6 cm³/mol. The number of halogens is 1. The van der Waals surface area contributed by atoms with Crippen molar-refractivity contribution in [3.05, 3.63) is 35.5 Å². The third kappa shape index (κ3) is 3.47. The van der Waals surface area contributed by atoms with Gasteiger partial charge in [0, 0.05) is 18.2 Å². The molecule has 1 heterocycles. The van der Waals surface area contributed by atoms with E-state index in [-0.39, 0.29) is 28.7 Å². The Bertz CT molecular complexity index is 578. The molecule has 0 aliphatic rings. The van der Waals surface area contributed by atoms with Crippen LogP contribution in [-0.2, 0) is 6.42 Å². The molecule has 19 heavy (non-hydrogen) atoms. The molecule has 2 aromatic rings. The number of nitrogens with zero attached hydrogens (tertiary/aromatic N) is 2. The number of methoxy groups -OCH3 is 1. The van der Waals surface area contributed by atoms with Crippen molar-refractivity contribution in [3.63, 3.8) is 0 Å². The van der Waals surface area contributed by atoms with Gasteiger partial charge in [-0.2, -0.15) is 4.98 Å². The van der Waals surface area contributed by atoms with Crippen LogP contribution in [0.1, 0.15) is 11.1 Å². The van der Waals surface area contributed by atoms with Crippen LogP contribution in [-0.4, -0.2) is 22.2 Å². The second kappa shape index (κ2) is 6.24. The highest BCUT2D eigenvalue weighted by Gasteiger charge is 2.07. The molecule has 0 aliphatic heterocycles. The first-order valence-corrected chi connectivity index (χ1v) is 5.33. The minimum Gasteiger partial charge on any atom is -0.504 e. The first kappa shape index (κ1) is 15.0. The summed E-state index contributed by atoms with van der Waals surface area (Å²) in [5.41, 5.74) is 12.9. The molecule has 5 N–H and O–H groups in total. The number of aromatic hydroxyl groups is 1. The standard InChI is InChI=1S/C12H14N4O2.BrH/c1-18-10-5-7(2-3-9(10)17)4-8-6-15-12(14)16-11(8)13;/h2-3,5-6,17H,4H2,1H3,(H4,13,14,15,16);1H. The van der Waals surface area contributed by atoms with E-state index >= 15 is 0 Å². The molecule has 0 spiro atoms. The van der Waals surface area contributed by atoms with E-state index in [9.17, 15) is 5.11 Å². The minimum absolute atomic E-state index is 0. The Morgan fingerprint density at radius 2 is 2.05 bits per heavy atom. The lowest BCUT2D eigenvalue weighted by Gasteiger charge is -2.08. The van der Waals surface area contributed by atoms with Gasteiger partial charge >= 0.3 is 0 Å². The van der Waals surface area contributed by atoms with E-state index in [0.717, 1.165) is 11.1 Å². The molecule has 0 fully saturated rings. The number of nitrogen functional groups attached to an aromatic ring is 2. The smallest absolute Gasteiger partial charge is 0.221 e. The van der Waals surface area contributed by atoms with Crippen LogP contribution in [0, 0.1) is 0 Å². The molecule has 0 saturated heterocycles. The molecule has 0 bridgehead atoms. The fourth-order valence-corrected chi connectivity index (χ4v) is 1.62. The molecule has 6 nitrogen and oxygen atoms in total. The Kier molecular flexibility index (Phi) is 4.94. The fourth-order valence-electron chi connectivity index (χ4n) is 1.62. The highest BCUT2D eigenvalue weighted by molar-refractivity contribution is 8.93. The zero-order valence-corrected chi connectivity index (χ0v) is 12.0. The summed E-state index contributed by atoms with van der Waals surface area (Å²) in [7, 11) is 1.50. The van der Waals surface area contributed by atoms with Gasteiger partial charge in [0.1, 0.15) is 5.82 Å². The number of hydrogen-bond donors (Lipinski definition) is 3. The molecule has 102 valence electrons. The zero-order valence-electron chi connectivity index (χ0n) is 10.3. The van der Waals surface area contributed by atoms with Crippen molar-refractivity contribution in [3.8, 4) is 11.5 Å². The van der Waals surface area contributed by atoms with Crippen molar-refractivity contribution in [2.75, 3.05) is 18.6 Å². The summed E-state index contributed by atoms with van der Waals surface area (Å²) < 4.78 is 5.04. The van der Waals surface area contributed by atoms with Crippen molar-refractivity contribution < 1.29 is 9.84 Å². The Balaban J connectivity index is 0.00000180. The lowest BCUT2D eigenvalue weighted by Crippen LogP contribution is -2.04. The van der Waals surface area contributed by atoms with E-state index in [2.05, 4.69) is 9.97 Å². The number of hydrogen-bond acceptors (Lipinski definition) is 6. The second-order valence-corrected chi connectivity index (χ2v) is 3.82. The number of phenols is 1. The molecular formula is C12H15BrN4O2. The maximum Gasteiger partial charge on any atom is 0.221 e. The number of phenolic OH excluding ortho intramolecular Hbond substituents is 1. The Morgan fingerprint density at radius 3 is 2.68 bits per heavy atom. The summed E-state index contributed by atoms with van der Waals surface area (Å²) >= 11 is 0. The molecule has 0 saturated carbocycles.